The Morgan fingerprint density at radius 1 is 1.75 bits per heavy atom. The molecular formula is C6H12NS+. The van der Waals surface area contributed by atoms with E-state index in [0.29, 0.717) is 0 Å². The second-order valence-electron chi connectivity index (χ2n) is 2.33. The van der Waals surface area contributed by atoms with Gasteiger partial charge in [-0.2, -0.15) is 0 Å². The van der Waals surface area contributed by atoms with E-state index in [1.54, 1.807) is 0 Å². The van der Waals surface area contributed by atoms with Gasteiger partial charge in [-0.15, -0.1) is 0 Å². The van der Waals surface area contributed by atoms with E-state index >= 15 is 0 Å². The van der Waals surface area contributed by atoms with Crippen molar-refractivity contribution in [3.63, 3.8) is 0 Å². The minimum Gasteiger partial charge on any atom is -0.230 e. The fourth-order valence-electron chi connectivity index (χ4n) is 0.933. The van der Waals surface area contributed by atoms with Gasteiger partial charge in [-0.05, 0) is 6.92 Å². The van der Waals surface area contributed by atoms with Crippen LogP contribution in [0, 0.1) is 0 Å². The number of nitrogens with zero attached hydrogens (tertiary/aromatic N) is 1. The predicted octanol–water partition coefficient (Wildman–Crippen LogP) is 1.18. The van der Waals surface area contributed by atoms with Crippen molar-refractivity contribution in [1.82, 2.24) is 0 Å². The largest absolute Gasteiger partial charge is 0.230 e. The van der Waals surface area contributed by atoms with Gasteiger partial charge in [0.05, 0.1) is 5.25 Å². The maximum absolute atomic E-state index is 2.30. The summed E-state index contributed by atoms with van der Waals surface area (Å²) in [6.07, 6.45) is 0. The highest BCUT2D eigenvalue weighted by molar-refractivity contribution is 8.14. The Bertz CT molecular complexity index is 114. The molecule has 0 spiro atoms. The normalized spacial score (nSPS) is 29.6. The molecule has 0 radical (unpaired) electrons. The minimum absolute atomic E-state index is 0.806. The number of thioether (sulfide) groups is 1. The summed E-state index contributed by atoms with van der Waals surface area (Å²) in [6, 6.07) is 0. The Balaban J connectivity index is 2.60. The zero-order valence-corrected chi connectivity index (χ0v) is 6.46. The first kappa shape index (κ1) is 6.14. The molecule has 46 valence electrons. The average Bonchev–Trinajstić information content (AvgIpc) is 1.85. The smallest absolute Gasteiger partial charge is 0.207 e. The van der Waals surface area contributed by atoms with Crippen LogP contribution in [0.4, 0.5) is 0 Å². The summed E-state index contributed by atoms with van der Waals surface area (Å²) in [4.78, 5) is 0. The van der Waals surface area contributed by atoms with Crippen LogP contribution in [-0.2, 0) is 0 Å². The monoisotopic (exact) mass is 130 g/mol. The summed E-state index contributed by atoms with van der Waals surface area (Å²) in [5, 5.41) is 2.26. The van der Waals surface area contributed by atoms with Crippen LogP contribution >= 0.6 is 11.8 Å². The van der Waals surface area contributed by atoms with E-state index in [1.165, 1.54) is 11.6 Å². The first-order valence-corrected chi connectivity index (χ1v) is 3.79. The molecule has 8 heavy (non-hydrogen) atoms. The van der Waals surface area contributed by atoms with E-state index < -0.39 is 0 Å². The lowest BCUT2D eigenvalue weighted by molar-refractivity contribution is -0.490. The summed E-state index contributed by atoms with van der Waals surface area (Å²) >= 11 is 1.97. The SMILES string of the molecule is CC1=[N+](C)CC(C)S1. The Hall–Kier alpha value is 0.0200. The van der Waals surface area contributed by atoms with E-state index in [2.05, 4.69) is 25.5 Å². The lowest BCUT2D eigenvalue weighted by atomic mass is 10.5. The lowest BCUT2D eigenvalue weighted by Crippen LogP contribution is -2.09. The maximum atomic E-state index is 2.30. The molecule has 1 unspecified atom stereocenters. The molecule has 1 aliphatic rings. The number of hydrogen-bond acceptors (Lipinski definition) is 1. The summed E-state index contributed by atoms with van der Waals surface area (Å²) in [7, 11) is 2.14. The van der Waals surface area contributed by atoms with Crippen LogP contribution < -0.4 is 0 Å². The van der Waals surface area contributed by atoms with Crippen LogP contribution in [0.15, 0.2) is 0 Å². The summed E-state index contributed by atoms with van der Waals surface area (Å²) in [5.41, 5.74) is 0. The van der Waals surface area contributed by atoms with Crippen molar-refractivity contribution in [2.45, 2.75) is 19.1 Å². The zero-order valence-electron chi connectivity index (χ0n) is 5.64. The van der Waals surface area contributed by atoms with Crippen molar-refractivity contribution in [3.8, 4) is 0 Å². The van der Waals surface area contributed by atoms with E-state index in [-0.39, 0.29) is 0 Å². The van der Waals surface area contributed by atoms with Gasteiger partial charge in [-0.25, -0.2) is 4.58 Å². The highest BCUT2D eigenvalue weighted by Gasteiger charge is 2.21. The van der Waals surface area contributed by atoms with Gasteiger partial charge in [0.15, 0.2) is 6.54 Å². The van der Waals surface area contributed by atoms with Gasteiger partial charge in [0.2, 0.25) is 5.04 Å². The second-order valence-corrected chi connectivity index (χ2v) is 3.96. The van der Waals surface area contributed by atoms with Crippen molar-refractivity contribution in [2.75, 3.05) is 13.6 Å². The van der Waals surface area contributed by atoms with Crippen LogP contribution in [0.2, 0.25) is 0 Å². The van der Waals surface area contributed by atoms with Gasteiger partial charge in [0.1, 0.15) is 7.05 Å². The summed E-state index contributed by atoms with van der Waals surface area (Å²) < 4.78 is 2.30. The summed E-state index contributed by atoms with van der Waals surface area (Å²) in [6.45, 7) is 5.66. The van der Waals surface area contributed by atoms with Gasteiger partial charge in [-0.1, -0.05) is 11.8 Å². The highest BCUT2D eigenvalue weighted by atomic mass is 32.2. The molecule has 0 aromatic heterocycles. The van der Waals surface area contributed by atoms with Gasteiger partial charge in [0.25, 0.3) is 0 Å². The Kier molecular flexibility index (Phi) is 1.61. The Morgan fingerprint density at radius 3 is 2.50 bits per heavy atom. The van der Waals surface area contributed by atoms with E-state index in [4.69, 9.17) is 0 Å². The van der Waals surface area contributed by atoms with Crippen molar-refractivity contribution >= 4 is 16.8 Å². The fraction of sp³-hybridized carbons (Fsp3) is 0.833. The minimum atomic E-state index is 0.806. The molecule has 1 aliphatic heterocycles. The van der Waals surface area contributed by atoms with Crippen molar-refractivity contribution in [2.24, 2.45) is 0 Å². The first-order chi connectivity index (χ1) is 3.70. The molecule has 0 amide bonds. The van der Waals surface area contributed by atoms with Crippen molar-refractivity contribution < 1.29 is 4.58 Å². The van der Waals surface area contributed by atoms with Gasteiger partial charge >= 0.3 is 0 Å². The molecule has 2 heteroatoms. The lowest BCUT2D eigenvalue weighted by Gasteiger charge is -1.88. The quantitative estimate of drug-likeness (QED) is 0.445. The van der Waals surface area contributed by atoms with Crippen LogP contribution in [0.3, 0.4) is 0 Å². The third-order valence-corrected chi connectivity index (χ3v) is 2.64. The number of hydrogen-bond donors (Lipinski definition) is 0. The van der Waals surface area contributed by atoms with E-state index in [1.807, 2.05) is 11.8 Å². The molecule has 0 saturated heterocycles. The third-order valence-electron chi connectivity index (χ3n) is 1.44. The van der Waals surface area contributed by atoms with E-state index in [0.717, 1.165) is 5.25 Å². The summed E-state index contributed by atoms with van der Waals surface area (Å²) in [5.74, 6) is 0. The molecular weight excluding hydrogens is 118 g/mol. The highest BCUT2D eigenvalue weighted by Crippen LogP contribution is 2.17. The van der Waals surface area contributed by atoms with Gasteiger partial charge in [-0.3, -0.25) is 0 Å². The molecule has 0 aromatic rings. The second kappa shape index (κ2) is 2.09. The van der Waals surface area contributed by atoms with Gasteiger partial charge in [0, 0.05) is 6.92 Å². The maximum Gasteiger partial charge on any atom is 0.207 e. The molecule has 0 N–H and O–H groups in total. The molecule has 1 rings (SSSR count). The topological polar surface area (TPSA) is 3.01 Å². The zero-order chi connectivity index (χ0) is 6.15. The molecule has 1 heterocycles. The van der Waals surface area contributed by atoms with E-state index in [9.17, 15) is 0 Å². The number of rotatable bonds is 0. The van der Waals surface area contributed by atoms with Gasteiger partial charge < -0.3 is 0 Å². The van der Waals surface area contributed by atoms with Crippen molar-refractivity contribution in [1.29, 1.82) is 0 Å². The average molecular weight is 130 g/mol. The standard InChI is InChI=1S/C6H12NS/c1-5-4-7(3)6(2)8-5/h5H,4H2,1-3H3/q+1. The van der Waals surface area contributed by atoms with Crippen molar-refractivity contribution in [3.05, 3.63) is 0 Å². The predicted molar refractivity (Wildman–Crippen MR) is 38.8 cm³/mol. The molecule has 0 fully saturated rings. The molecule has 0 saturated carbocycles. The Labute approximate surface area is 54.8 Å². The van der Waals surface area contributed by atoms with Crippen LogP contribution in [0.5, 0.6) is 0 Å². The molecule has 0 aromatic carbocycles. The molecule has 1 nitrogen and oxygen atoms in total. The fourth-order valence-corrected chi connectivity index (χ4v) is 2.07. The van der Waals surface area contributed by atoms with Crippen LogP contribution in [0.25, 0.3) is 0 Å². The molecule has 0 bridgehead atoms. The molecule has 1 atom stereocenters. The molecule has 0 aliphatic carbocycles. The first-order valence-electron chi connectivity index (χ1n) is 2.91. The van der Waals surface area contributed by atoms with Crippen LogP contribution in [0.1, 0.15) is 13.8 Å². The van der Waals surface area contributed by atoms with Crippen LogP contribution in [-0.4, -0.2) is 28.5 Å². The third kappa shape index (κ3) is 1.05. The Morgan fingerprint density at radius 2 is 2.38 bits per heavy atom.